The van der Waals surface area contributed by atoms with E-state index < -0.39 is 248 Å². The third kappa shape index (κ3) is 27.5. The van der Waals surface area contributed by atoms with Gasteiger partial charge in [0, 0.05) is 112 Å². The van der Waals surface area contributed by atoms with Crippen molar-refractivity contribution >= 4 is 140 Å². The highest BCUT2D eigenvalue weighted by molar-refractivity contribution is 8.00. The van der Waals surface area contributed by atoms with Crippen LogP contribution in [0.4, 0.5) is 0 Å². The van der Waals surface area contributed by atoms with Crippen LogP contribution in [0.1, 0.15) is 108 Å². The largest absolute Gasteiger partial charge is 0.508 e. The Morgan fingerprint density at radius 2 is 1.12 bits per heavy atom. The van der Waals surface area contributed by atoms with Crippen LogP contribution >= 0.6 is 11.8 Å². The summed E-state index contributed by atoms with van der Waals surface area (Å²) in [6.45, 7) is 3.42. The van der Waals surface area contributed by atoms with Crippen molar-refractivity contribution < 1.29 is 107 Å². The summed E-state index contributed by atoms with van der Waals surface area (Å²) in [5.74, 6) is -20.6. The second-order valence-corrected chi connectivity index (χ2v) is 34.3. The van der Waals surface area contributed by atoms with Crippen LogP contribution in [0.5, 0.6) is 5.75 Å². The van der Waals surface area contributed by atoms with E-state index >= 15 is 33.6 Å². The number of nitrogens with zero attached hydrogens (tertiary/aromatic N) is 6. The lowest BCUT2D eigenvalue weighted by Crippen LogP contribution is -2.62. The third-order valence-corrected chi connectivity index (χ3v) is 24.1. The van der Waals surface area contributed by atoms with Gasteiger partial charge in [0.2, 0.25) is 100 Å². The van der Waals surface area contributed by atoms with E-state index in [1.807, 2.05) is 0 Å². The van der Waals surface area contributed by atoms with Gasteiger partial charge < -0.3 is 130 Å². The number of likely N-dealkylation sites (N-methyl/N-ethyl adjacent to an activating group) is 3. The number of benzene rings is 3. The van der Waals surface area contributed by atoms with Gasteiger partial charge in [-0.15, -0.1) is 11.8 Å². The molecule has 0 spiro atoms. The molecule has 3 aliphatic rings. The molecule has 0 radical (unpaired) electrons. The minimum atomic E-state index is -1.97. The van der Waals surface area contributed by atoms with Gasteiger partial charge >= 0.3 is 5.97 Å². The van der Waals surface area contributed by atoms with Crippen LogP contribution in [0, 0.1) is 5.92 Å². The number of thioether (sulfide) groups is 1. The zero-order valence-corrected chi connectivity index (χ0v) is 74.4. The minimum absolute atomic E-state index is 0.0284. The highest BCUT2D eigenvalue weighted by atomic mass is 32.2. The second kappa shape index (κ2) is 47.1. The Bertz CT molecular complexity index is 5150. The number of aliphatic carboxylic acids is 1. The molecule has 1 unspecified atom stereocenters. The fourth-order valence-electron chi connectivity index (χ4n) is 15.9. The summed E-state index contributed by atoms with van der Waals surface area (Å²) >= 11 is 0.710. The van der Waals surface area contributed by atoms with Gasteiger partial charge in [-0.05, 0) is 106 Å². The van der Waals surface area contributed by atoms with Crippen LogP contribution in [-0.4, -0.2) is 327 Å². The number of carboxylic acids is 1. The Morgan fingerprint density at radius 3 is 1.72 bits per heavy atom. The quantitative estimate of drug-likeness (QED) is 0.0283. The molecular weight excluding hydrogens is 1730 g/mol. The number of nitrogens with two attached hydrogens (primary N) is 3. The van der Waals surface area contributed by atoms with E-state index in [1.165, 1.54) is 57.8 Å². The maximum absolute atomic E-state index is 15.6. The van der Waals surface area contributed by atoms with Gasteiger partial charge in [-0.3, -0.25) is 86.3 Å². The number of phenolic OH excluding ortho intramolecular Hbond substituents is 1. The summed E-state index contributed by atoms with van der Waals surface area (Å²) in [6.07, 6.45) is 1.04. The number of imidazole rings is 1. The Labute approximate surface area is 757 Å². The first kappa shape index (κ1) is 101. The van der Waals surface area contributed by atoms with Crippen LogP contribution in [0.15, 0.2) is 97.7 Å². The number of aromatic hydroxyl groups is 1. The van der Waals surface area contributed by atoms with Gasteiger partial charge in [0.15, 0.2) is 0 Å². The van der Waals surface area contributed by atoms with Crippen molar-refractivity contribution in [1.29, 1.82) is 0 Å². The van der Waals surface area contributed by atoms with Gasteiger partial charge in [-0.2, -0.15) is 0 Å². The number of fused-ring (bicyclic) bond motifs is 4. The zero-order valence-electron chi connectivity index (χ0n) is 73.6. The van der Waals surface area contributed by atoms with Crippen LogP contribution in [-0.2, 0) is 112 Å². The number of aromatic amines is 3. The molecule has 0 aliphatic carbocycles. The highest BCUT2D eigenvalue weighted by Crippen LogP contribution is 2.28. The number of nitrogens with one attached hydrogen (secondary N) is 13. The van der Waals surface area contributed by atoms with Crippen molar-refractivity contribution in [2.45, 2.75) is 202 Å². The van der Waals surface area contributed by atoms with Crippen LogP contribution < -0.4 is 70.4 Å². The molecule has 0 bridgehead atoms. The van der Waals surface area contributed by atoms with Crippen molar-refractivity contribution in [3.8, 4) is 5.75 Å². The van der Waals surface area contributed by atoms with Crippen LogP contribution in [0.2, 0.25) is 0 Å². The molecule has 23 N–H and O–H groups in total. The fourth-order valence-corrected chi connectivity index (χ4v) is 16.7. The minimum Gasteiger partial charge on any atom is -0.508 e. The number of carbonyl (C=O) groups is 18. The number of aromatic nitrogens is 4. The van der Waals surface area contributed by atoms with Gasteiger partial charge in [-0.25, -0.2) is 4.98 Å². The van der Waals surface area contributed by atoms with Gasteiger partial charge in [-0.1, -0.05) is 62.4 Å². The summed E-state index contributed by atoms with van der Waals surface area (Å²) < 4.78 is 0. The standard InChI is InChI=1S/C86H116N22O22S/c1-44(2)27-59-85(129)108-39-52(111)32-68(108)81(125)97-57(29-48-35-91-55-17-10-8-15-53(48)55)76(120)102-63(40-109)78(122)101-61(30-49-36-92-56-18-11-9-16-54(49)56)83(127)105(6)66(19-12-13-25-87)86(130)106(7)67(34-72(115)116)80(124)95-45(3)73(117)103-64(75(119)93-38-70(89)113)41-131-42-71(114)96-60(28-47-21-23-51(110)24-22-47)82(126)104(5)46(4)74(118)99-62(33-69(88)112)84(128)107-26-14-20-65(107)79(123)98-58(77(121)100-59)31-50-37-90-43-94-50/h8-11,15-18,21-24,35-37,43-46,52,57-68,91-92,109-111H,12-14,19-20,25-34,38-42,87H2,1-7H3,(H2,88,112)(H2,89,113)(H,90,94)(H,93,119)(H,95,124)(H,96,114)(H,97,125)(H,98,123)(H,99,118)(H,100,121)(H,101,122)(H,102,120)(H,103,117)(H,115,116)/t45-,46?,52+,57-,58-,59-,60-,61-,62+,63-,64-,65-,66-,67-,68-/m0/s1. The molecule has 15 atom stereocenters. The number of carbonyl (C=O) groups excluding carboxylic acids is 17. The van der Waals surface area contributed by atoms with Crippen molar-refractivity contribution in [1.82, 2.24) is 97.6 Å². The first-order valence-electron chi connectivity index (χ1n) is 42.9. The summed E-state index contributed by atoms with van der Waals surface area (Å²) in [5.41, 5.74) is 19.7. The predicted molar refractivity (Wildman–Crippen MR) is 472 cm³/mol. The molecule has 3 aromatic carbocycles. The number of unbranched alkanes of at least 4 members (excludes halogenated alkanes) is 1. The van der Waals surface area contributed by atoms with E-state index in [0.717, 1.165) is 38.5 Å². The number of H-pyrrole nitrogens is 3. The van der Waals surface area contributed by atoms with Crippen molar-refractivity contribution in [3.05, 3.63) is 120 Å². The Hall–Kier alpha value is -13.6. The number of hydrogen-bond acceptors (Lipinski definition) is 24. The predicted octanol–water partition coefficient (Wildman–Crippen LogP) is -4.95. The Balaban J connectivity index is 1.08. The number of primary amides is 2. The molecule has 131 heavy (non-hydrogen) atoms. The molecule has 6 heterocycles. The summed E-state index contributed by atoms with van der Waals surface area (Å²) in [7, 11) is 3.47. The van der Waals surface area contributed by atoms with E-state index in [-0.39, 0.29) is 94.7 Å². The molecule has 17 amide bonds. The monoisotopic (exact) mass is 1840 g/mol. The third-order valence-electron chi connectivity index (χ3n) is 23.1. The molecule has 3 aliphatic heterocycles. The number of amides is 17. The fraction of sp³-hybridized carbons (Fsp3) is 0.500. The summed E-state index contributed by atoms with van der Waals surface area (Å²) in [5, 5.41) is 69.8. The number of hydrogen-bond donors (Lipinski definition) is 20. The van der Waals surface area contributed by atoms with Gasteiger partial charge in [0.1, 0.15) is 90.3 Å². The topological polar surface area (TPSA) is 663 Å². The number of aliphatic hydroxyl groups is 2. The lowest BCUT2D eigenvalue weighted by molar-refractivity contribution is -0.151. The van der Waals surface area contributed by atoms with E-state index in [4.69, 9.17) is 17.2 Å². The van der Waals surface area contributed by atoms with E-state index in [9.17, 15) is 73.2 Å². The van der Waals surface area contributed by atoms with E-state index in [1.54, 1.807) is 74.8 Å². The molecule has 708 valence electrons. The second-order valence-electron chi connectivity index (χ2n) is 33.2. The maximum atomic E-state index is 15.6. The molecule has 44 nitrogen and oxygen atoms in total. The molecule has 45 heteroatoms. The number of aliphatic hydroxyl groups excluding tert-OH is 2. The molecule has 3 saturated heterocycles. The van der Waals surface area contributed by atoms with Crippen molar-refractivity contribution in [2.75, 3.05) is 65.4 Å². The van der Waals surface area contributed by atoms with Crippen molar-refractivity contribution in [2.24, 2.45) is 23.1 Å². The molecule has 3 aromatic heterocycles. The normalized spacial score (nSPS) is 25.2. The smallest absolute Gasteiger partial charge is 0.305 e. The molecule has 0 saturated carbocycles. The molecule has 3 fully saturated rings. The van der Waals surface area contributed by atoms with Gasteiger partial charge in [0.05, 0.1) is 49.9 Å². The molecule has 6 aromatic rings. The Kier molecular flexibility index (Phi) is 36.4. The first-order valence-corrected chi connectivity index (χ1v) is 44.0. The lowest BCUT2D eigenvalue weighted by atomic mass is 10.00. The average molecular weight is 1840 g/mol. The lowest BCUT2D eigenvalue weighted by Gasteiger charge is -2.36. The SMILES string of the molecule is CC(C)C[C@@H]1NC(=O)[C@H](Cc2c[nH]cn2)NC(=O)[C@@H]2CCCN2C(=O)[C@@H](CC(N)=O)NC(=O)C(C)N(C)C(=O)[C@H](Cc2ccc(O)cc2)NC(=O)CSC[C@@H](C(=O)NCC(N)=O)NC(=O)[C@H](C)NC(=O)[C@H](CC(=O)O)N(C)C(=O)[C@H](CCCCN)N(C)C(=O)[C@H](Cc2c[nH]c3ccccc23)NC(=O)[C@H](CO)NC(=O)[C@H](Cc2c[nH]c3ccccc23)NC(=O)[C@@H]2C[C@@H](O)CN2C1=O. The maximum Gasteiger partial charge on any atom is 0.305 e. The van der Waals surface area contributed by atoms with Crippen molar-refractivity contribution in [3.63, 3.8) is 0 Å². The number of para-hydroxylation sites is 2. The molecular formula is C86H116N22O22S. The summed E-state index contributed by atoms with van der Waals surface area (Å²) in [4.78, 5) is 278. The number of phenols is 1. The van der Waals surface area contributed by atoms with Crippen LogP contribution in [0.25, 0.3) is 21.8 Å². The van der Waals surface area contributed by atoms with E-state index in [0.29, 0.717) is 50.3 Å². The average Bonchev–Trinajstić information content (AvgIpc) is 1.69. The van der Waals surface area contributed by atoms with Gasteiger partial charge in [0.25, 0.3) is 0 Å². The number of carboxylic acid groups (broad SMARTS) is 1. The Morgan fingerprint density at radius 1 is 0.565 bits per heavy atom. The zero-order chi connectivity index (χ0) is 95.8. The number of rotatable bonds is 22. The highest BCUT2D eigenvalue weighted by Gasteiger charge is 2.47. The first-order chi connectivity index (χ1) is 62.2. The van der Waals surface area contributed by atoms with Crippen LogP contribution in [0.3, 0.4) is 0 Å². The molecule has 9 rings (SSSR count). The van der Waals surface area contributed by atoms with E-state index in [2.05, 4.69) is 73.1 Å². The summed E-state index contributed by atoms with van der Waals surface area (Å²) in [6, 6.07) is -3.86.